The highest BCUT2D eigenvalue weighted by Crippen LogP contribution is 2.31. The number of hydrogen-bond donors (Lipinski definition) is 1. The van der Waals surface area contributed by atoms with Crippen molar-refractivity contribution < 1.29 is 0 Å². The zero-order valence-corrected chi connectivity index (χ0v) is 11.0. The van der Waals surface area contributed by atoms with Gasteiger partial charge < -0.3 is 5.32 Å². The van der Waals surface area contributed by atoms with Gasteiger partial charge in [0.15, 0.2) is 0 Å². The molecule has 0 aliphatic carbocycles. The molecule has 1 fully saturated rings. The average molecular weight is 212 g/mol. The zero-order valence-electron chi connectivity index (χ0n) is 11.0. The fourth-order valence-corrected chi connectivity index (χ4v) is 3.11. The second-order valence-electron chi connectivity index (χ2n) is 4.74. The average Bonchev–Trinajstić information content (AvgIpc) is 2.33. The summed E-state index contributed by atoms with van der Waals surface area (Å²) in [6.07, 6.45) is 5.14. The fourth-order valence-electron chi connectivity index (χ4n) is 3.11. The van der Waals surface area contributed by atoms with Crippen molar-refractivity contribution in [3.8, 4) is 0 Å². The van der Waals surface area contributed by atoms with Crippen LogP contribution in [0, 0.1) is 0 Å². The van der Waals surface area contributed by atoms with E-state index < -0.39 is 0 Å². The van der Waals surface area contributed by atoms with Crippen LogP contribution in [0.2, 0.25) is 0 Å². The van der Waals surface area contributed by atoms with E-state index in [1.165, 1.54) is 38.8 Å². The Labute approximate surface area is 95.4 Å². The van der Waals surface area contributed by atoms with Gasteiger partial charge in [-0.3, -0.25) is 4.90 Å². The Bertz CT molecular complexity index is 167. The van der Waals surface area contributed by atoms with E-state index in [0.717, 1.165) is 12.6 Å². The van der Waals surface area contributed by atoms with Crippen molar-refractivity contribution in [2.45, 2.75) is 65.0 Å². The Morgan fingerprint density at radius 3 is 2.20 bits per heavy atom. The second kappa shape index (κ2) is 5.86. The molecule has 2 nitrogen and oxygen atoms in total. The summed E-state index contributed by atoms with van der Waals surface area (Å²) in [5.74, 6) is 0. The van der Waals surface area contributed by atoms with Gasteiger partial charge in [0.05, 0.1) is 0 Å². The summed E-state index contributed by atoms with van der Waals surface area (Å²) < 4.78 is 0. The Morgan fingerprint density at radius 1 is 1.13 bits per heavy atom. The highest BCUT2D eigenvalue weighted by atomic mass is 15.3. The topological polar surface area (TPSA) is 15.3 Å². The Morgan fingerprint density at radius 2 is 1.73 bits per heavy atom. The zero-order chi connectivity index (χ0) is 11.3. The molecule has 1 aliphatic rings. The van der Waals surface area contributed by atoms with E-state index >= 15 is 0 Å². The first kappa shape index (κ1) is 13.0. The smallest absolute Gasteiger partial charge is 0.0224 e. The number of rotatable bonds is 5. The van der Waals surface area contributed by atoms with Crippen LogP contribution in [0.5, 0.6) is 0 Å². The van der Waals surface area contributed by atoms with Crippen LogP contribution < -0.4 is 5.32 Å². The van der Waals surface area contributed by atoms with Gasteiger partial charge >= 0.3 is 0 Å². The van der Waals surface area contributed by atoms with Crippen molar-refractivity contribution in [2.24, 2.45) is 0 Å². The van der Waals surface area contributed by atoms with E-state index in [1.54, 1.807) is 0 Å². The molecule has 15 heavy (non-hydrogen) atoms. The normalized spacial score (nSPS) is 24.4. The first-order valence-corrected chi connectivity index (χ1v) is 6.71. The number of nitrogens with zero attached hydrogens (tertiary/aromatic N) is 1. The first-order chi connectivity index (χ1) is 7.24. The largest absolute Gasteiger partial charge is 0.314 e. The summed E-state index contributed by atoms with van der Waals surface area (Å²) in [5, 5.41) is 3.52. The summed E-state index contributed by atoms with van der Waals surface area (Å²) in [4.78, 5) is 2.78. The highest BCUT2D eigenvalue weighted by molar-refractivity contribution is 4.93. The van der Waals surface area contributed by atoms with Crippen LogP contribution in [0.15, 0.2) is 0 Å². The first-order valence-electron chi connectivity index (χ1n) is 6.71. The Hall–Kier alpha value is -0.0800. The molecule has 1 rings (SSSR count). The van der Waals surface area contributed by atoms with Crippen LogP contribution >= 0.6 is 0 Å². The molecule has 0 aromatic rings. The van der Waals surface area contributed by atoms with Crippen LogP contribution in [0.3, 0.4) is 0 Å². The standard InChI is InChI=1S/C13H28N2/c1-5-12-11-14-9-10-15(12)13(6-2,7-3)8-4/h12,14H,5-11H2,1-4H3. The highest BCUT2D eigenvalue weighted by Gasteiger charge is 2.36. The lowest BCUT2D eigenvalue weighted by atomic mass is 9.85. The van der Waals surface area contributed by atoms with Crippen molar-refractivity contribution in [3.05, 3.63) is 0 Å². The maximum atomic E-state index is 3.52. The van der Waals surface area contributed by atoms with E-state index in [1.807, 2.05) is 0 Å². The van der Waals surface area contributed by atoms with Crippen LogP contribution in [0.4, 0.5) is 0 Å². The molecule has 2 heteroatoms. The summed E-state index contributed by atoms with van der Waals surface area (Å²) >= 11 is 0. The lowest BCUT2D eigenvalue weighted by Crippen LogP contribution is -2.60. The van der Waals surface area contributed by atoms with Crippen LogP contribution in [-0.4, -0.2) is 36.1 Å². The van der Waals surface area contributed by atoms with Gasteiger partial charge in [0.25, 0.3) is 0 Å². The minimum Gasteiger partial charge on any atom is -0.314 e. The third kappa shape index (κ3) is 2.54. The summed E-state index contributed by atoms with van der Waals surface area (Å²) in [5.41, 5.74) is 0.461. The molecule has 0 aromatic heterocycles. The molecule has 0 bridgehead atoms. The molecule has 1 aliphatic heterocycles. The molecule has 0 saturated carbocycles. The Kier molecular flexibility index (Phi) is 5.07. The van der Waals surface area contributed by atoms with Crippen molar-refractivity contribution in [1.29, 1.82) is 0 Å². The quantitative estimate of drug-likeness (QED) is 0.753. The van der Waals surface area contributed by atoms with E-state index in [4.69, 9.17) is 0 Å². The van der Waals surface area contributed by atoms with E-state index in [0.29, 0.717) is 5.54 Å². The molecule has 1 heterocycles. The van der Waals surface area contributed by atoms with Crippen molar-refractivity contribution >= 4 is 0 Å². The summed E-state index contributed by atoms with van der Waals surface area (Å²) in [6, 6.07) is 0.749. The lowest BCUT2D eigenvalue weighted by molar-refractivity contribution is 0.0137. The van der Waals surface area contributed by atoms with Gasteiger partial charge in [-0.05, 0) is 25.7 Å². The molecule has 0 radical (unpaired) electrons. The fraction of sp³-hybridized carbons (Fsp3) is 1.00. The molecule has 1 saturated heterocycles. The summed E-state index contributed by atoms with van der Waals surface area (Å²) in [6.45, 7) is 12.9. The van der Waals surface area contributed by atoms with E-state index in [2.05, 4.69) is 37.9 Å². The molecule has 0 aromatic carbocycles. The lowest BCUT2D eigenvalue weighted by Gasteiger charge is -2.49. The van der Waals surface area contributed by atoms with Crippen LogP contribution in [0.1, 0.15) is 53.4 Å². The minimum absolute atomic E-state index is 0.461. The van der Waals surface area contributed by atoms with E-state index in [-0.39, 0.29) is 0 Å². The van der Waals surface area contributed by atoms with Gasteiger partial charge in [0.2, 0.25) is 0 Å². The van der Waals surface area contributed by atoms with Crippen LogP contribution in [0.25, 0.3) is 0 Å². The second-order valence-corrected chi connectivity index (χ2v) is 4.74. The van der Waals surface area contributed by atoms with Gasteiger partial charge in [-0.15, -0.1) is 0 Å². The predicted octanol–water partition coefficient (Wildman–Crippen LogP) is 2.64. The molecule has 0 spiro atoms. The molecular weight excluding hydrogens is 184 g/mol. The SMILES string of the molecule is CCC1CNCCN1C(CC)(CC)CC. The number of hydrogen-bond acceptors (Lipinski definition) is 2. The number of piperazine rings is 1. The van der Waals surface area contributed by atoms with Gasteiger partial charge in [-0.1, -0.05) is 27.7 Å². The Balaban J connectivity index is 2.79. The van der Waals surface area contributed by atoms with Crippen LogP contribution in [-0.2, 0) is 0 Å². The number of nitrogens with one attached hydrogen (secondary N) is 1. The third-order valence-electron chi connectivity index (χ3n) is 4.41. The molecular formula is C13H28N2. The molecule has 1 N–H and O–H groups in total. The van der Waals surface area contributed by atoms with Gasteiger partial charge in [0.1, 0.15) is 0 Å². The van der Waals surface area contributed by atoms with Crippen molar-refractivity contribution in [3.63, 3.8) is 0 Å². The van der Waals surface area contributed by atoms with Gasteiger partial charge in [-0.2, -0.15) is 0 Å². The third-order valence-corrected chi connectivity index (χ3v) is 4.41. The molecule has 0 amide bonds. The predicted molar refractivity (Wildman–Crippen MR) is 67.3 cm³/mol. The van der Waals surface area contributed by atoms with Gasteiger partial charge in [0, 0.05) is 31.2 Å². The maximum Gasteiger partial charge on any atom is 0.0224 e. The molecule has 1 atom stereocenters. The maximum absolute atomic E-state index is 3.52. The monoisotopic (exact) mass is 212 g/mol. The van der Waals surface area contributed by atoms with Crippen molar-refractivity contribution in [1.82, 2.24) is 10.2 Å². The summed E-state index contributed by atoms with van der Waals surface area (Å²) in [7, 11) is 0. The van der Waals surface area contributed by atoms with Gasteiger partial charge in [-0.25, -0.2) is 0 Å². The molecule has 1 unspecified atom stereocenters. The van der Waals surface area contributed by atoms with E-state index in [9.17, 15) is 0 Å². The van der Waals surface area contributed by atoms with Crippen molar-refractivity contribution in [2.75, 3.05) is 19.6 Å². The molecule has 90 valence electrons. The minimum atomic E-state index is 0.461.